The molecule has 0 aliphatic carbocycles. The van der Waals surface area contributed by atoms with Crippen LogP contribution in [0, 0.1) is 0 Å². The van der Waals surface area contributed by atoms with Crippen LogP contribution < -0.4 is 10.6 Å². The van der Waals surface area contributed by atoms with E-state index in [0.29, 0.717) is 24.4 Å². The van der Waals surface area contributed by atoms with Gasteiger partial charge in [0.15, 0.2) is 0 Å². The molecule has 2 N–H and O–H groups in total. The van der Waals surface area contributed by atoms with Crippen molar-refractivity contribution in [2.75, 3.05) is 5.32 Å². The maximum atomic E-state index is 11.9. The molecule has 2 aromatic rings. The van der Waals surface area contributed by atoms with E-state index in [9.17, 15) is 9.59 Å². The zero-order chi connectivity index (χ0) is 15.5. The Morgan fingerprint density at radius 1 is 1.41 bits per heavy atom. The third kappa shape index (κ3) is 3.43. The molecule has 1 aliphatic heterocycles. The van der Waals surface area contributed by atoms with E-state index in [2.05, 4.69) is 20.7 Å². The molecule has 3 rings (SSSR count). The third-order valence-corrected chi connectivity index (χ3v) is 3.59. The SMILES string of the molecule is O=C1CCC(C(=O)Nc2ncn(Cc3ccc(Cl)cc3)n2)N1. The normalized spacial score (nSPS) is 17.3. The summed E-state index contributed by atoms with van der Waals surface area (Å²) in [6, 6.07) is 6.90. The molecule has 1 atom stereocenters. The summed E-state index contributed by atoms with van der Waals surface area (Å²) in [5.74, 6) is -0.184. The van der Waals surface area contributed by atoms with Crippen LogP contribution in [0.15, 0.2) is 30.6 Å². The van der Waals surface area contributed by atoms with E-state index in [1.165, 1.54) is 6.33 Å². The van der Waals surface area contributed by atoms with E-state index < -0.39 is 6.04 Å². The Bertz CT molecular complexity index is 698. The lowest BCUT2D eigenvalue weighted by molar-refractivity contribution is -0.122. The highest BCUT2D eigenvalue weighted by Gasteiger charge is 2.27. The second kappa shape index (κ2) is 6.15. The first-order valence-electron chi connectivity index (χ1n) is 6.84. The molecule has 1 aromatic heterocycles. The summed E-state index contributed by atoms with van der Waals surface area (Å²) in [5.41, 5.74) is 1.02. The van der Waals surface area contributed by atoms with Crippen LogP contribution in [0.5, 0.6) is 0 Å². The van der Waals surface area contributed by atoms with Crippen LogP contribution in [0.25, 0.3) is 0 Å². The number of anilines is 1. The van der Waals surface area contributed by atoms with Crippen LogP contribution in [0.4, 0.5) is 5.95 Å². The van der Waals surface area contributed by atoms with Gasteiger partial charge in [0.2, 0.25) is 17.8 Å². The quantitative estimate of drug-likeness (QED) is 0.886. The molecule has 0 spiro atoms. The average Bonchev–Trinajstić information content (AvgIpc) is 3.11. The lowest BCUT2D eigenvalue weighted by atomic mass is 10.2. The Labute approximate surface area is 131 Å². The van der Waals surface area contributed by atoms with Gasteiger partial charge in [-0.2, -0.15) is 0 Å². The van der Waals surface area contributed by atoms with E-state index in [0.717, 1.165) is 5.56 Å². The molecule has 1 aliphatic rings. The fourth-order valence-electron chi connectivity index (χ4n) is 2.21. The lowest BCUT2D eigenvalue weighted by Crippen LogP contribution is -2.37. The van der Waals surface area contributed by atoms with Gasteiger partial charge in [-0.25, -0.2) is 9.67 Å². The Morgan fingerprint density at radius 3 is 2.86 bits per heavy atom. The van der Waals surface area contributed by atoms with Gasteiger partial charge in [-0.1, -0.05) is 23.7 Å². The van der Waals surface area contributed by atoms with Gasteiger partial charge < -0.3 is 5.32 Å². The van der Waals surface area contributed by atoms with Crippen LogP contribution in [-0.2, 0) is 16.1 Å². The van der Waals surface area contributed by atoms with Crippen LogP contribution in [0.3, 0.4) is 0 Å². The molecule has 114 valence electrons. The third-order valence-electron chi connectivity index (χ3n) is 3.34. The molecule has 8 heteroatoms. The summed E-state index contributed by atoms with van der Waals surface area (Å²) in [6.45, 7) is 0.528. The van der Waals surface area contributed by atoms with Crippen molar-refractivity contribution in [2.45, 2.75) is 25.4 Å². The lowest BCUT2D eigenvalue weighted by Gasteiger charge is -2.07. The first-order valence-corrected chi connectivity index (χ1v) is 7.22. The van der Waals surface area contributed by atoms with Crippen molar-refractivity contribution in [3.05, 3.63) is 41.2 Å². The van der Waals surface area contributed by atoms with Gasteiger partial charge >= 0.3 is 0 Å². The van der Waals surface area contributed by atoms with Crippen molar-refractivity contribution >= 4 is 29.4 Å². The number of halogens is 1. The highest BCUT2D eigenvalue weighted by molar-refractivity contribution is 6.30. The summed E-state index contributed by atoms with van der Waals surface area (Å²) in [5, 5.41) is 10.1. The van der Waals surface area contributed by atoms with Gasteiger partial charge in [0.05, 0.1) is 6.54 Å². The summed E-state index contributed by atoms with van der Waals surface area (Å²) < 4.78 is 1.62. The average molecular weight is 320 g/mol. The van der Waals surface area contributed by atoms with Crippen molar-refractivity contribution in [3.8, 4) is 0 Å². The molecular weight excluding hydrogens is 306 g/mol. The summed E-state index contributed by atoms with van der Waals surface area (Å²) in [6.07, 6.45) is 2.41. The smallest absolute Gasteiger partial charge is 0.249 e. The molecule has 7 nitrogen and oxygen atoms in total. The monoisotopic (exact) mass is 319 g/mol. The topological polar surface area (TPSA) is 88.9 Å². The number of benzene rings is 1. The fourth-order valence-corrected chi connectivity index (χ4v) is 2.34. The summed E-state index contributed by atoms with van der Waals surface area (Å²) in [4.78, 5) is 27.1. The van der Waals surface area contributed by atoms with Crippen molar-refractivity contribution in [3.63, 3.8) is 0 Å². The van der Waals surface area contributed by atoms with Crippen LogP contribution in [0.1, 0.15) is 18.4 Å². The van der Waals surface area contributed by atoms with Gasteiger partial charge in [0.25, 0.3) is 0 Å². The van der Waals surface area contributed by atoms with Gasteiger partial charge in [0, 0.05) is 11.4 Å². The number of carbonyl (C=O) groups excluding carboxylic acids is 2. The van der Waals surface area contributed by atoms with Crippen LogP contribution in [-0.4, -0.2) is 32.6 Å². The molecule has 0 bridgehead atoms. The van der Waals surface area contributed by atoms with Gasteiger partial charge in [-0.05, 0) is 24.1 Å². The molecule has 0 saturated carbocycles. The fraction of sp³-hybridized carbons (Fsp3) is 0.286. The second-order valence-corrected chi connectivity index (χ2v) is 5.48. The maximum absolute atomic E-state index is 11.9. The van der Waals surface area contributed by atoms with Crippen molar-refractivity contribution in [1.82, 2.24) is 20.1 Å². The summed E-state index contributed by atoms with van der Waals surface area (Å²) >= 11 is 5.84. The van der Waals surface area contributed by atoms with E-state index in [1.807, 2.05) is 12.1 Å². The highest BCUT2D eigenvalue weighted by atomic mass is 35.5. The Balaban J connectivity index is 1.60. The minimum Gasteiger partial charge on any atom is -0.344 e. The zero-order valence-electron chi connectivity index (χ0n) is 11.6. The number of carbonyl (C=O) groups is 2. The first-order chi connectivity index (χ1) is 10.6. The molecule has 2 heterocycles. The molecule has 1 aromatic carbocycles. The number of hydrogen-bond acceptors (Lipinski definition) is 4. The number of aromatic nitrogens is 3. The predicted molar refractivity (Wildman–Crippen MR) is 80.4 cm³/mol. The predicted octanol–water partition coefficient (Wildman–Crippen LogP) is 1.20. The Kier molecular flexibility index (Phi) is 4.06. The minimum atomic E-state index is -0.504. The van der Waals surface area contributed by atoms with Crippen molar-refractivity contribution in [1.29, 1.82) is 0 Å². The number of rotatable bonds is 4. The second-order valence-electron chi connectivity index (χ2n) is 5.04. The first kappa shape index (κ1) is 14.5. The Hall–Kier alpha value is -2.41. The van der Waals surface area contributed by atoms with Crippen molar-refractivity contribution in [2.24, 2.45) is 0 Å². The molecule has 2 amide bonds. The molecular formula is C14H14ClN5O2. The molecule has 1 fully saturated rings. The molecule has 0 radical (unpaired) electrons. The highest BCUT2D eigenvalue weighted by Crippen LogP contribution is 2.11. The van der Waals surface area contributed by atoms with Gasteiger partial charge in [-0.3, -0.25) is 14.9 Å². The number of nitrogens with zero attached hydrogens (tertiary/aromatic N) is 3. The maximum Gasteiger partial charge on any atom is 0.249 e. The van der Waals surface area contributed by atoms with E-state index in [1.54, 1.807) is 16.8 Å². The summed E-state index contributed by atoms with van der Waals surface area (Å²) in [7, 11) is 0. The molecule has 1 saturated heterocycles. The minimum absolute atomic E-state index is 0.110. The number of hydrogen-bond donors (Lipinski definition) is 2. The largest absolute Gasteiger partial charge is 0.344 e. The van der Waals surface area contributed by atoms with E-state index in [-0.39, 0.29) is 17.8 Å². The van der Waals surface area contributed by atoms with Crippen LogP contribution >= 0.6 is 11.6 Å². The van der Waals surface area contributed by atoms with Crippen LogP contribution in [0.2, 0.25) is 5.02 Å². The van der Waals surface area contributed by atoms with E-state index in [4.69, 9.17) is 11.6 Å². The molecule has 22 heavy (non-hydrogen) atoms. The standard InChI is InChI=1S/C14H14ClN5O2/c15-10-3-1-9(2-4-10)7-20-8-16-14(19-20)18-13(22)11-5-6-12(21)17-11/h1-4,8,11H,5-7H2,(H,17,21)(H,18,19,22). The molecule has 1 unspecified atom stereocenters. The van der Waals surface area contributed by atoms with Gasteiger partial charge in [0.1, 0.15) is 12.4 Å². The Morgan fingerprint density at radius 2 is 2.18 bits per heavy atom. The number of nitrogens with one attached hydrogen (secondary N) is 2. The van der Waals surface area contributed by atoms with E-state index >= 15 is 0 Å². The number of amides is 2. The van der Waals surface area contributed by atoms with Gasteiger partial charge in [-0.15, -0.1) is 5.10 Å². The zero-order valence-corrected chi connectivity index (χ0v) is 12.4. The van der Waals surface area contributed by atoms with Crippen molar-refractivity contribution < 1.29 is 9.59 Å².